The Morgan fingerprint density at radius 1 is 1.50 bits per heavy atom. The molecule has 4 nitrogen and oxygen atoms in total. The van der Waals surface area contributed by atoms with E-state index in [0.29, 0.717) is 19.4 Å². The van der Waals surface area contributed by atoms with Crippen molar-refractivity contribution in [1.29, 1.82) is 0 Å². The molecule has 100 valence electrons. The van der Waals surface area contributed by atoms with E-state index in [-0.39, 0.29) is 11.9 Å². The summed E-state index contributed by atoms with van der Waals surface area (Å²) in [5.74, 6) is 0.858. The predicted octanol–water partition coefficient (Wildman–Crippen LogP) is 1.92. The zero-order chi connectivity index (χ0) is 13.5. The largest absolute Gasteiger partial charge is 0.493 e. The Labute approximate surface area is 109 Å². The summed E-state index contributed by atoms with van der Waals surface area (Å²) in [6.07, 6.45) is 1.18. The van der Waals surface area contributed by atoms with Gasteiger partial charge in [0.1, 0.15) is 5.75 Å². The number of hydrogen-bond acceptors (Lipinski definition) is 3. The maximum atomic E-state index is 11.1. The second kappa shape index (κ2) is 7.01. The van der Waals surface area contributed by atoms with Crippen LogP contribution in [0.2, 0.25) is 0 Å². The lowest BCUT2D eigenvalue weighted by Gasteiger charge is -2.14. The van der Waals surface area contributed by atoms with Gasteiger partial charge in [0.25, 0.3) is 0 Å². The van der Waals surface area contributed by atoms with E-state index in [0.717, 1.165) is 16.9 Å². The summed E-state index contributed by atoms with van der Waals surface area (Å²) in [5, 5.41) is 2.59. The van der Waals surface area contributed by atoms with Crippen LogP contribution in [-0.4, -0.2) is 19.6 Å². The van der Waals surface area contributed by atoms with Gasteiger partial charge in [0, 0.05) is 25.1 Å². The first-order chi connectivity index (χ1) is 8.54. The van der Waals surface area contributed by atoms with E-state index >= 15 is 0 Å². The third-order valence-corrected chi connectivity index (χ3v) is 2.74. The second-order valence-corrected chi connectivity index (χ2v) is 4.46. The van der Waals surface area contributed by atoms with Crippen LogP contribution < -0.4 is 15.8 Å². The fourth-order valence-corrected chi connectivity index (χ4v) is 1.68. The molecule has 1 aromatic rings. The van der Waals surface area contributed by atoms with E-state index < -0.39 is 0 Å². The van der Waals surface area contributed by atoms with Crippen molar-refractivity contribution >= 4 is 5.91 Å². The maximum Gasteiger partial charge on any atom is 0.219 e. The third-order valence-electron chi connectivity index (χ3n) is 2.74. The number of nitrogens with two attached hydrogens (primary N) is 1. The zero-order valence-electron chi connectivity index (χ0n) is 11.3. The molecule has 0 heterocycles. The molecule has 0 aliphatic rings. The lowest BCUT2D eigenvalue weighted by molar-refractivity contribution is -0.120. The fourth-order valence-electron chi connectivity index (χ4n) is 1.68. The Hall–Kier alpha value is -1.55. The van der Waals surface area contributed by atoms with E-state index in [2.05, 4.69) is 5.32 Å². The van der Waals surface area contributed by atoms with Crippen molar-refractivity contribution in [1.82, 2.24) is 5.32 Å². The van der Waals surface area contributed by atoms with Gasteiger partial charge in [-0.15, -0.1) is 0 Å². The Bertz CT molecular complexity index is 403. The summed E-state index contributed by atoms with van der Waals surface area (Å²) in [4.78, 5) is 11.1. The number of nitrogens with one attached hydrogen (secondary N) is 1. The number of hydrogen-bond donors (Lipinski definition) is 2. The smallest absolute Gasteiger partial charge is 0.219 e. The van der Waals surface area contributed by atoms with E-state index in [1.807, 2.05) is 32.0 Å². The summed E-state index contributed by atoms with van der Waals surface area (Å²) in [7, 11) is 1.64. The van der Waals surface area contributed by atoms with Gasteiger partial charge in [-0.05, 0) is 31.9 Å². The highest BCUT2D eigenvalue weighted by Gasteiger charge is 2.08. The predicted molar refractivity (Wildman–Crippen MR) is 72.6 cm³/mol. The van der Waals surface area contributed by atoms with Gasteiger partial charge < -0.3 is 15.8 Å². The molecule has 4 heteroatoms. The number of carbonyl (C=O) groups excluding carboxylic acids is 1. The monoisotopic (exact) mass is 250 g/mol. The van der Waals surface area contributed by atoms with Crippen molar-refractivity contribution in [3.63, 3.8) is 0 Å². The van der Waals surface area contributed by atoms with Gasteiger partial charge in [0.2, 0.25) is 5.91 Å². The zero-order valence-corrected chi connectivity index (χ0v) is 11.3. The highest BCUT2D eigenvalue weighted by atomic mass is 16.5. The molecule has 0 spiro atoms. The number of aryl methyl sites for hydroxylation is 1. The standard InChI is InChI=1S/C14H22N2O2/c1-10-6-7-12(11(2)15)13(9-10)18-8-4-5-14(17)16-3/h6-7,9,11H,4-5,8,15H2,1-3H3,(H,16,17). The molecule has 0 saturated carbocycles. The SMILES string of the molecule is CNC(=O)CCCOc1cc(C)ccc1C(C)N. The van der Waals surface area contributed by atoms with Gasteiger partial charge in [-0.25, -0.2) is 0 Å². The molecule has 18 heavy (non-hydrogen) atoms. The molecular weight excluding hydrogens is 228 g/mol. The molecule has 0 aliphatic heterocycles. The van der Waals surface area contributed by atoms with Crippen molar-refractivity contribution in [2.45, 2.75) is 32.7 Å². The van der Waals surface area contributed by atoms with Gasteiger partial charge in [0.05, 0.1) is 6.61 Å². The summed E-state index contributed by atoms with van der Waals surface area (Å²) in [6, 6.07) is 5.95. The van der Waals surface area contributed by atoms with Crippen LogP contribution in [0.1, 0.15) is 36.9 Å². The van der Waals surface area contributed by atoms with Gasteiger partial charge in [-0.2, -0.15) is 0 Å². The third kappa shape index (κ3) is 4.37. The number of carbonyl (C=O) groups is 1. The molecule has 0 aliphatic carbocycles. The van der Waals surface area contributed by atoms with E-state index in [9.17, 15) is 4.79 Å². The lowest BCUT2D eigenvalue weighted by atomic mass is 10.1. The van der Waals surface area contributed by atoms with Gasteiger partial charge in [-0.3, -0.25) is 4.79 Å². The normalized spacial score (nSPS) is 12.0. The van der Waals surface area contributed by atoms with E-state index in [4.69, 9.17) is 10.5 Å². The van der Waals surface area contributed by atoms with Crippen molar-refractivity contribution in [2.24, 2.45) is 5.73 Å². The number of amides is 1. The molecule has 0 aromatic heterocycles. The first kappa shape index (κ1) is 14.5. The molecular formula is C14H22N2O2. The van der Waals surface area contributed by atoms with Crippen LogP contribution in [0.5, 0.6) is 5.75 Å². The minimum atomic E-state index is -0.0560. The molecule has 0 saturated heterocycles. The molecule has 1 amide bonds. The Kier molecular flexibility index (Phi) is 5.65. The maximum absolute atomic E-state index is 11.1. The number of benzene rings is 1. The average molecular weight is 250 g/mol. The molecule has 0 fully saturated rings. The first-order valence-electron chi connectivity index (χ1n) is 6.24. The number of rotatable bonds is 6. The van der Waals surface area contributed by atoms with Crippen molar-refractivity contribution in [3.8, 4) is 5.75 Å². The molecule has 1 aromatic carbocycles. The van der Waals surface area contributed by atoms with Gasteiger partial charge in [-0.1, -0.05) is 12.1 Å². The molecule has 0 bridgehead atoms. The lowest BCUT2D eigenvalue weighted by Crippen LogP contribution is -2.18. The van der Waals surface area contributed by atoms with Crippen LogP contribution in [0.3, 0.4) is 0 Å². The Morgan fingerprint density at radius 2 is 2.22 bits per heavy atom. The molecule has 0 radical (unpaired) electrons. The topological polar surface area (TPSA) is 64.3 Å². The Balaban J connectivity index is 2.55. The second-order valence-electron chi connectivity index (χ2n) is 4.46. The van der Waals surface area contributed by atoms with Crippen LogP contribution in [0, 0.1) is 6.92 Å². The summed E-state index contributed by atoms with van der Waals surface area (Å²) in [6.45, 7) is 4.47. The minimum absolute atomic E-state index is 0.0373. The van der Waals surface area contributed by atoms with Crippen LogP contribution in [0.15, 0.2) is 18.2 Å². The van der Waals surface area contributed by atoms with Gasteiger partial charge >= 0.3 is 0 Å². The first-order valence-corrected chi connectivity index (χ1v) is 6.24. The summed E-state index contributed by atoms with van der Waals surface area (Å²) >= 11 is 0. The van der Waals surface area contributed by atoms with Gasteiger partial charge in [0.15, 0.2) is 0 Å². The van der Waals surface area contributed by atoms with Crippen molar-refractivity contribution in [2.75, 3.05) is 13.7 Å². The minimum Gasteiger partial charge on any atom is -0.493 e. The highest BCUT2D eigenvalue weighted by Crippen LogP contribution is 2.25. The molecule has 3 N–H and O–H groups in total. The highest BCUT2D eigenvalue weighted by molar-refractivity contribution is 5.75. The van der Waals surface area contributed by atoms with Crippen LogP contribution in [0.25, 0.3) is 0 Å². The molecule has 1 atom stereocenters. The summed E-state index contributed by atoms with van der Waals surface area (Å²) in [5.41, 5.74) is 8.03. The van der Waals surface area contributed by atoms with Crippen LogP contribution >= 0.6 is 0 Å². The fraction of sp³-hybridized carbons (Fsp3) is 0.500. The quantitative estimate of drug-likeness (QED) is 0.758. The summed E-state index contributed by atoms with van der Waals surface area (Å²) < 4.78 is 5.71. The molecule has 1 rings (SSSR count). The molecule has 1 unspecified atom stereocenters. The van der Waals surface area contributed by atoms with Crippen LogP contribution in [0.4, 0.5) is 0 Å². The average Bonchev–Trinajstić information content (AvgIpc) is 2.34. The Morgan fingerprint density at radius 3 is 2.83 bits per heavy atom. The van der Waals surface area contributed by atoms with Crippen molar-refractivity contribution in [3.05, 3.63) is 29.3 Å². The van der Waals surface area contributed by atoms with E-state index in [1.165, 1.54) is 0 Å². The van der Waals surface area contributed by atoms with Crippen molar-refractivity contribution < 1.29 is 9.53 Å². The van der Waals surface area contributed by atoms with Crippen LogP contribution in [-0.2, 0) is 4.79 Å². The number of ether oxygens (including phenoxy) is 1. The van der Waals surface area contributed by atoms with E-state index in [1.54, 1.807) is 7.05 Å².